The normalized spacial score (nSPS) is 11.1. The summed E-state index contributed by atoms with van der Waals surface area (Å²) >= 11 is 3.35. The summed E-state index contributed by atoms with van der Waals surface area (Å²) in [6, 6.07) is 11.1. The minimum Gasteiger partial charge on any atom is -0.343 e. The molecular formula is C15H15BrN2O. The van der Waals surface area contributed by atoms with Gasteiger partial charge in [0.1, 0.15) is 0 Å². The molecule has 2 rings (SSSR count). The fourth-order valence-corrected chi connectivity index (χ4v) is 2.06. The number of benzene rings is 1. The molecule has 98 valence electrons. The lowest BCUT2D eigenvalue weighted by Crippen LogP contribution is -2.40. The molecule has 0 radical (unpaired) electrons. The van der Waals surface area contributed by atoms with E-state index in [2.05, 4.69) is 26.2 Å². The van der Waals surface area contributed by atoms with E-state index >= 15 is 0 Å². The molecule has 0 unspecified atom stereocenters. The number of carbonyl (C=O) groups is 1. The highest BCUT2D eigenvalue weighted by Gasteiger charge is 2.23. The van der Waals surface area contributed by atoms with Crippen molar-refractivity contribution in [2.24, 2.45) is 0 Å². The lowest BCUT2D eigenvalue weighted by atomic mass is 9.95. The molecule has 1 aromatic carbocycles. The number of carbonyl (C=O) groups excluding carboxylic acids is 1. The average molecular weight is 319 g/mol. The molecule has 3 nitrogen and oxygen atoms in total. The van der Waals surface area contributed by atoms with E-state index in [0.717, 1.165) is 10.0 Å². The first-order valence-corrected chi connectivity index (χ1v) is 6.77. The quantitative estimate of drug-likeness (QED) is 0.941. The van der Waals surface area contributed by atoms with Gasteiger partial charge in [-0.3, -0.25) is 9.78 Å². The number of nitrogens with zero attached hydrogens (tertiary/aromatic N) is 1. The number of nitrogens with one attached hydrogen (secondary N) is 1. The highest BCUT2D eigenvalue weighted by molar-refractivity contribution is 9.10. The largest absolute Gasteiger partial charge is 0.343 e. The van der Waals surface area contributed by atoms with Crippen LogP contribution in [0, 0.1) is 0 Å². The maximum atomic E-state index is 12.2. The topological polar surface area (TPSA) is 42.0 Å². The fraction of sp³-hybridized carbons (Fsp3) is 0.200. The molecule has 1 aromatic heterocycles. The zero-order valence-electron chi connectivity index (χ0n) is 10.9. The van der Waals surface area contributed by atoms with Crippen molar-refractivity contribution in [3.8, 4) is 0 Å². The highest BCUT2D eigenvalue weighted by Crippen LogP contribution is 2.20. The summed E-state index contributed by atoms with van der Waals surface area (Å²) in [6.45, 7) is 3.94. The van der Waals surface area contributed by atoms with Gasteiger partial charge in [0.2, 0.25) is 0 Å². The Hall–Kier alpha value is -1.68. The van der Waals surface area contributed by atoms with E-state index in [1.165, 1.54) is 0 Å². The molecule has 0 fully saturated rings. The van der Waals surface area contributed by atoms with Crippen LogP contribution in [-0.4, -0.2) is 10.9 Å². The molecule has 2 aromatic rings. The standard InChI is InChI=1S/C15H15BrN2O/c1-15(2,12-7-9-17-10-8-12)18-14(19)11-3-5-13(16)6-4-11/h3-10H,1-2H3,(H,18,19). The van der Waals surface area contributed by atoms with Gasteiger partial charge in [-0.15, -0.1) is 0 Å². The number of hydrogen-bond donors (Lipinski definition) is 1. The molecule has 1 N–H and O–H groups in total. The van der Waals surface area contributed by atoms with Gasteiger partial charge in [-0.05, 0) is 55.8 Å². The average Bonchev–Trinajstić information content (AvgIpc) is 2.40. The van der Waals surface area contributed by atoms with Crippen molar-refractivity contribution in [3.63, 3.8) is 0 Å². The summed E-state index contributed by atoms with van der Waals surface area (Å²) < 4.78 is 0.956. The van der Waals surface area contributed by atoms with Gasteiger partial charge in [-0.25, -0.2) is 0 Å². The van der Waals surface area contributed by atoms with E-state index in [0.29, 0.717) is 5.56 Å². The summed E-state index contributed by atoms with van der Waals surface area (Å²) in [5.41, 5.74) is 1.23. The Balaban J connectivity index is 2.16. The number of halogens is 1. The minimum absolute atomic E-state index is 0.0886. The van der Waals surface area contributed by atoms with Crippen molar-refractivity contribution < 1.29 is 4.79 Å². The molecule has 4 heteroatoms. The first-order valence-electron chi connectivity index (χ1n) is 5.97. The third kappa shape index (κ3) is 3.41. The van der Waals surface area contributed by atoms with E-state index in [-0.39, 0.29) is 5.91 Å². The Morgan fingerprint density at radius 1 is 1.11 bits per heavy atom. The van der Waals surface area contributed by atoms with Crippen molar-refractivity contribution in [2.45, 2.75) is 19.4 Å². The SMILES string of the molecule is CC(C)(NC(=O)c1ccc(Br)cc1)c1ccncc1. The van der Waals surface area contributed by atoms with Crippen molar-refractivity contribution in [1.82, 2.24) is 10.3 Å². The molecule has 19 heavy (non-hydrogen) atoms. The van der Waals surface area contributed by atoms with Crippen LogP contribution in [0.1, 0.15) is 29.8 Å². The zero-order valence-corrected chi connectivity index (χ0v) is 12.4. The summed E-state index contributed by atoms with van der Waals surface area (Å²) in [6.07, 6.45) is 3.45. The van der Waals surface area contributed by atoms with E-state index in [9.17, 15) is 4.79 Å². The number of pyridine rings is 1. The van der Waals surface area contributed by atoms with Crippen LogP contribution in [0.4, 0.5) is 0 Å². The second-order valence-electron chi connectivity index (χ2n) is 4.82. The third-order valence-corrected chi connectivity index (χ3v) is 3.46. The van der Waals surface area contributed by atoms with Crippen molar-refractivity contribution in [3.05, 3.63) is 64.4 Å². The lowest BCUT2D eigenvalue weighted by Gasteiger charge is -2.26. The van der Waals surface area contributed by atoms with Gasteiger partial charge in [0, 0.05) is 22.4 Å². The van der Waals surface area contributed by atoms with Gasteiger partial charge in [0.05, 0.1) is 5.54 Å². The second-order valence-corrected chi connectivity index (χ2v) is 5.74. The highest BCUT2D eigenvalue weighted by atomic mass is 79.9. The summed E-state index contributed by atoms with van der Waals surface area (Å²) in [7, 11) is 0. The molecule has 0 aliphatic rings. The van der Waals surface area contributed by atoms with Gasteiger partial charge >= 0.3 is 0 Å². The fourth-order valence-electron chi connectivity index (χ4n) is 1.80. The maximum Gasteiger partial charge on any atom is 0.251 e. The molecule has 1 amide bonds. The molecule has 0 spiro atoms. The van der Waals surface area contributed by atoms with E-state index in [4.69, 9.17) is 0 Å². The Bertz CT molecular complexity index is 564. The zero-order chi connectivity index (χ0) is 13.9. The van der Waals surface area contributed by atoms with Gasteiger partial charge in [-0.1, -0.05) is 15.9 Å². The predicted octanol–water partition coefficient (Wildman–Crippen LogP) is 3.51. The molecule has 0 atom stereocenters. The number of hydrogen-bond acceptors (Lipinski definition) is 2. The van der Waals surface area contributed by atoms with Crippen LogP contribution < -0.4 is 5.32 Å². The van der Waals surface area contributed by atoms with Crippen molar-refractivity contribution >= 4 is 21.8 Å². The molecule has 0 saturated carbocycles. The third-order valence-electron chi connectivity index (χ3n) is 2.93. The Morgan fingerprint density at radius 2 is 1.68 bits per heavy atom. The van der Waals surface area contributed by atoms with Crippen molar-refractivity contribution in [2.75, 3.05) is 0 Å². The van der Waals surface area contributed by atoms with Crippen LogP contribution in [-0.2, 0) is 5.54 Å². The molecular weight excluding hydrogens is 304 g/mol. The number of rotatable bonds is 3. The van der Waals surface area contributed by atoms with Gasteiger partial charge < -0.3 is 5.32 Å². The molecule has 0 saturated heterocycles. The van der Waals surface area contributed by atoms with Crippen LogP contribution in [0.15, 0.2) is 53.3 Å². The second kappa shape index (κ2) is 5.53. The summed E-state index contributed by atoms with van der Waals surface area (Å²) in [5, 5.41) is 3.03. The molecule has 0 aliphatic carbocycles. The first-order chi connectivity index (χ1) is 8.99. The van der Waals surface area contributed by atoms with Crippen LogP contribution in [0.5, 0.6) is 0 Å². The number of aromatic nitrogens is 1. The van der Waals surface area contributed by atoms with Crippen LogP contribution in [0.25, 0.3) is 0 Å². The van der Waals surface area contributed by atoms with Crippen molar-refractivity contribution in [1.29, 1.82) is 0 Å². The Kier molecular flexibility index (Phi) is 4.00. The molecule has 0 aliphatic heterocycles. The monoisotopic (exact) mass is 318 g/mol. The van der Waals surface area contributed by atoms with Crippen LogP contribution in [0.3, 0.4) is 0 Å². The first kappa shape index (κ1) is 13.7. The van der Waals surface area contributed by atoms with E-state index < -0.39 is 5.54 Å². The Morgan fingerprint density at radius 3 is 2.26 bits per heavy atom. The predicted molar refractivity (Wildman–Crippen MR) is 78.9 cm³/mol. The maximum absolute atomic E-state index is 12.2. The number of amides is 1. The van der Waals surface area contributed by atoms with Gasteiger partial charge in [0.15, 0.2) is 0 Å². The molecule has 1 heterocycles. The minimum atomic E-state index is -0.437. The smallest absolute Gasteiger partial charge is 0.251 e. The molecule has 0 bridgehead atoms. The summed E-state index contributed by atoms with van der Waals surface area (Å²) in [5.74, 6) is -0.0886. The van der Waals surface area contributed by atoms with Crippen LogP contribution in [0.2, 0.25) is 0 Å². The van der Waals surface area contributed by atoms with Gasteiger partial charge in [0.25, 0.3) is 5.91 Å². The Labute approximate surface area is 121 Å². The van der Waals surface area contributed by atoms with Crippen LogP contribution >= 0.6 is 15.9 Å². The van der Waals surface area contributed by atoms with E-state index in [1.807, 2.05) is 38.1 Å². The van der Waals surface area contributed by atoms with E-state index in [1.54, 1.807) is 24.5 Å². The lowest BCUT2D eigenvalue weighted by molar-refractivity contribution is 0.0912. The van der Waals surface area contributed by atoms with Gasteiger partial charge in [-0.2, -0.15) is 0 Å². The summed E-state index contributed by atoms with van der Waals surface area (Å²) in [4.78, 5) is 16.2.